The molecule has 0 aliphatic carbocycles. The zero-order chi connectivity index (χ0) is 11.3. The number of carbonyl (C=O) groups is 1. The minimum atomic E-state index is -0.230. The van der Waals surface area contributed by atoms with Crippen molar-refractivity contribution in [1.29, 1.82) is 0 Å². The third-order valence-corrected chi connectivity index (χ3v) is 3.38. The second-order valence-corrected chi connectivity index (χ2v) is 4.97. The lowest BCUT2D eigenvalue weighted by atomic mass is 9.86. The fourth-order valence-corrected chi connectivity index (χ4v) is 2.52. The van der Waals surface area contributed by atoms with Crippen molar-refractivity contribution in [1.82, 2.24) is 4.90 Å². The van der Waals surface area contributed by atoms with E-state index in [1.165, 1.54) is 0 Å². The predicted octanol–water partition coefficient (Wildman–Crippen LogP) is 1.45. The van der Waals surface area contributed by atoms with E-state index in [-0.39, 0.29) is 18.1 Å². The van der Waals surface area contributed by atoms with Crippen LogP contribution in [0.25, 0.3) is 0 Å². The van der Waals surface area contributed by atoms with Crippen LogP contribution in [0.4, 0.5) is 0 Å². The second-order valence-electron chi connectivity index (χ2n) is 4.97. The molecule has 1 aliphatic heterocycles. The highest BCUT2D eigenvalue weighted by atomic mass is 16.3. The number of aliphatic hydroxyl groups excluding tert-OH is 1. The highest BCUT2D eigenvalue weighted by molar-refractivity contribution is 5.59. The van der Waals surface area contributed by atoms with E-state index in [0.29, 0.717) is 0 Å². The summed E-state index contributed by atoms with van der Waals surface area (Å²) in [5.41, 5.74) is -0.230. The Morgan fingerprint density at radius 2 is 2.33 bits per heavy atom. The first-order valence-electron chi connectivity index (χ1n) is 5.96. The smallest absolute Gasteiger partial charge is 0.127 e. The summed E-state index contributed by atoms with van der Waals surface area (Å²) in [4.78, 5) is 13.4. The summed E-state index contributed by atoms with van der Waals surface area (Å²) in [6.45, 7) is 6.18. The quantitative estimate of drug-likeness (QED) is 0.679. The molecule has 88 valence electrons. The first-order chi connectivity index (χ1) is 7.15. The van der Waals surface area contributed by atoms with Crippen molar-refractivity contribution in [3.8, 4) is 0 Å². The summed E-state index contributed by atoms with van der Waals surface area (Å²) in [6.07, 6.45) is 5.27. The first kappa shape index (κ1) is 12.7. The van der Waals surface area contributed by atoms with Gasteiger partial charge in [0.1, 0.15) is 6.29 Å². The highest BCUT2D eigenvalue weighted by Crippen LogP contribution is 2.26. The van der Waals surface area contributed by atoms with Gasteiger partial charge in [-0.25, -0.2) is 0 Å². The van der Waals surface area contributed by atoms with Crippen LogP contribution in [0, 0.1) is 5.41 Å². The van der Waals surface area contributed by atoms with E-state index >= 15 is 0 Å². The van der Waals surface area contributed by atoms with Gasteiger partial charge >= 0.3 is 0 Å². The topological polar surface area (TPSA) is 40.5 Å². The lowest BCUT2D eigenvalue weighted by Gasteiger charge is -2.31. The molecule has 3 heteroatoms. The molecule has 0 spiro atoms. The molecular weight excluding hydrogens is 190 g/mol. The molecule has 0 aromatic carbocycles. The van der Waals surface area contributed by atoms with Crippen molar-refractivity contribution in [2.75, 3.05) is 19.7 Å². The molecule has 2 atom stereocenters. The fourth-order valence-electron chi connectivity index (χ4n) is 2.52. The van der Waals surface area contributed by atoms with E-state index in [0.717, 1.165) is 45.1 Å². The van der Waals surface area contributed by atoms with Crippen LogP contribution in [0.3, 0.4) is 0 Å². The molecule has 3 nitrogen and oxygen atoms in total. The van der Waals surface area contributed by atoms with Crippen molar-refractivity contribution in [2.24, 2.45) is 5.41 Å². The summed E-state index contributed by atoms with van der Waals surface area (Å²) >= 11 is 0. The molecule has 0 saturated carbocycles. The van der Waals surface area contributed by atoms with Crippen molar-refractivity contribution < 1.29 is 9.90 Å². The number of aldehydes is 1. The van der Waals surface area contributed by atoms with Gasteiger partial charge in [-0.2, -0.15) is 0 Å². The Hall–Kier alpha value is -0.410. The van der Waals surface area contributed by atoms with E-state index in [2.05, 4.69) is 11.8 Å². The molecule has 0 aromatic rings. The Bertz CT molecular complexity index is 208. The van der Waals surface area contributed by atoms with Crippen LogP contribution in [0.5, 0.6) is 0 Å². The van der Waals surface area contributed by atoms with Crippen molar-refractivity contribution >= 4 is 6.29 Å². The molecule has 0 radical (unpaired) electrons. The molecule has 0 amide bonds. The van der Waals surface area contributed by atoms with Crippen LogP contribution >= 0.6 is 0 Å². The van der Waals surface area contributed by atoms with Gasteiger partial charge in [0.2, 0.25) is 0 Å². The molecule has 1 aliphatic rings. The maximum Gasteiger partial charge on any atom is 0.127 e. The van der Waals surface area contributed by atoms with Crippen LogP contribution in [-0.2, 0) is 4.79 Å². The first-order valence-corrected chi connectivity index (χ1v) is 5.96. The van der Waals surface area contributed by atoms with Gasteiger partial charge in [0.25, 0.3) is 0 Å². The van der Waals surface area contributed by atoms with Crippen LogP contribution in [0.15, 0.2) is 0 Å². The Morgan fingerprint density at radius 3 is 2.87 bits per heavy atom. The summed E-state index contributed by atoms with van der Waals surface area (Å²) in [6, 6.07) is 0.279. The molecule has 1 heterocycles. The van der Waals surface area contributed by atoms with E-state index < -0.39 is 0 Å². The maximum absolute atomic E-state index is 11.1. The van der Waals surface area contributed by atoms with E-state index in [1.54, 1.807) is 0 Å². The molecule has 1 fully saturated rings. The number of likely N-dealkylation sites (tertiary alicyclic amines) is 1. The molecule has 15 heavy (non-hydrogen) atoms. The summed E-state index contributed by atoms with van der Waals surface area (Å²) in [5.74, 6) is 0. The molecule has 2 unspecified atom stereocenters. The molecule has 0 bridgehead atoms. The van der Waals surface area contributed by atoms with Crippen molar-refractivity contribution in [3.05, 3.63) is 0 Å². The Kier molecular flexibility index (Phi) is 4.74. The average Bonchev–Trinajstić information content (AvgIpc) is 2.65. The largest absolute Gasteiger partial charge is 0.395 e. The Morgan fingerprint density at radius 1 is 1.60 bits per heavy atom. The zero-order valence-corrected chi connectivity index (χ0v) is 9.91. The average molecular weight is 213 g/mol. The zero-order valence-electron chi connectivity index (χ0n) is 9.91. The maximum atomic E-state index is 11.1. The molecule has 1 saturated heterocycles. The van der Waals surface area contributed by atoms with Gasteiger partial charge in [0.05, 0.1) is 6.61 Å². The van der Waals surface area contributed by atoms with Gasteiger partial charge in [-0.3, -0.25) is 4.90 Å². The molecule has 1 N–H and O–H groups in total. The lowest BCUT2D eigenvalue weighted by molar-refractivity contribution is -0.117. The number of nitrogens with zero attached hydrogens (tertiary/aromatic N) is 1. The Balaban J connectivity index is 2.53. The molecule has 0 aromatic heterocycles. The lowest BCUT2D eigenvalue weighted by Crippen LogP contribution is -2.41. The third kappa shape index (κ3) is 3.28. The minimum Gasteiger partial charge on any atom is -0.395 e. The predicted molar refractivity (Wildman–Crippen MR) is 60.8 cm³/mol. The number of hydrogen-bond acceptors (Lipinski definition) is 3. The molecular formula is C12H23NO2. The Labute approximate surface area is 92.5 Å². The number of carbonyl (C=O) groups excluding carboxylic acids is 1. The van der Waals surface area contributed by atoms with E-state index in [4.69, 9.17) is 0 Å². The van der Waals surface area contributed by atoms with Gasteiger partial charge in [-0.1, -0.05) is 20.3 Å². The third-order valence-electron chi connectivity index (χ3n) is 3.38. The number of hydrogen-bond donors (Lipinski definition) is 1. The van der Waals surface area contributed by atoms with Gasteiger partial charge in [0.15, 0.2) is 0 Å². The van der Waals surface area contributed by atoms with Gasteiger partial charge in [-0.15, -0.1) is 0 Å². The van der Waals surface area contributed by atoms with Crippen LogP contribution in [-0.4, -0.2) is 42.0 Å². The summed E-state index contributed by atoms with van der Waals surface area (Å²) < 4.78 is 0. The van der Waals surface area contributed by atoms with Gasteiger partial charge in [0, 0.05) is 18.0 Å². The summed E-state index contributed by atoms with van der Waals surface area (Å²) in [5, 5.41) is 9.21. The number of aliphatic hydroxyl groups is 1. The highest BCUT2D eigenvalue weighted by Gasteiger charge is 2.31. The van der Waals surface area contributed by atoms with Crippen LogP contribution < -0.4 is 0 Å². The normalized spacial score (nSPS) is 26.5. The van der Waals surface area contributed by atoms with Crippen molar-refractivity contribution in [3.63, 3.8) is 0 Å². The second kappa shape index (κ2) is 5.61. The molecule has 1 rings (SSSR count). The minimum absolute atomic E-state index is 0.223. The fraction of sp³-hybridized carbons (Fsp3) is 0.917. The van der Waals surface area contributed by atoms with Gasteiger partial charge in [-0.05, 0) is 25.8 Å². The summed E-state index contributed by atoms with van der Waals surface area (Å²) in [7, 11) is 0. The van der Waals surface area contributed by atoms with Crippen molar-refractivity contribution in [2.45, 2.75) is 45.6 Å². The van der Waals surface area contributed by atoms with E-state index in [9.17, 15) is 9.90 Å². The standard InChI is InChI=1S/C12H23NO2/c1-3-6-12(2,10-15)9-13-7-4-5-11(13)8-14/h10-11,14H,3-9H2,1-2H3. The monoisotopic (exact) mass is 213 g/mol. The van der Waals surface area contributed by atoms with Crippen LogP contribution in [0.1, 0.15) is 39.5 Å². The van der Waals surface area contributed by atoms with E-state index in [1.807, 2.05) is 6.92 Å². The van der Waals surface area contributed by atoms with Gasteiger partial charge < -0.3 is 9.90 Å². The van der Waals surface area contributed by atoms with Crippen LogP contribution in [0.2, 0.25) is 0 Å². The SMILES string of the molecule is CCCC(C)(C=O)CN1CCCC1CO. The number of rotatable bonds is 6.